The average Bonchev–Trinajstić information content (AvgIpc) is 3.10. The van der Waals surface area contributed by atoms with E-state index in [9.17, 15) is 4.79 Å². The van der Waals surface area contributed by atoms with Gasteiger partial charge in [-0.1, -0.05) is 42.5 Å². The fraction of sp³-hybridized carbons (Fsp3) is 0.500. The summed E-state index contributed by atoms with van der Waals surface area (Å²) < 4.78 is 0. The van der Waals surface area contributed by atoms with E-state index in [1.54, 1.807) is 0 Å². The van der Waals surface area contributed by atoms with Gasteiger partial charge in [-0.3, -0.25) is 9.69 Å². The molecule has 1 amide bonds. The first-order valence-electron chi connectivity index (χ1n) is 8.26. The van der Waals surface area contributed by atoms with Crippen molar-refractivity contribution in [1.82, 2.24) is 15.1 Å². The molecule has 22 heavy (non-hydrogen) atoms. The maximum Gasteiger partial charge on any atom is 0.227 e. The van der Waals surface area contributed by atoms with E-state index in [-0.39, 0.29) is 5.92 Å². The van der Waals surface area contributed by atoms with Crippen LogP contribution in [0.25, 0.3) is 6.08 Å². The average molecular weight is 299 g/mol. The summed E-state index contributed by atoms with van der Waals surface area (Å²) in [4.78, 5) is 16.8. The highest BCUT2D eigenvalue weighted by atomic mass is 16.2. The largest absolute Gasteiger partial charge is 0.340 e. The molecule has 2 fully saturated rings. The van der Waals surface area contributed by atoms with E-state index >= 15 is 0 Å². The van der Waals surface area contributed by atoms with E-state index in [4.69, 9.17) is 0 Å². The Kier molecular flexibility index (Phi) is 5.24. The molecule has 4 nitrogen and oxygen atoms in total. The van der Waals surface area contributed by atoms with Crippen LogP contribution in [0.1, 0.15) is 12.0 Å². The van der Waals surface area contributed by atoms with Crippen LogP contribution in [0.2, 0.25) is 0 Å². The normalized spacial score (nSPS) is 23.3. The predicted molar refractivity (Wildman–Crippen MR) is 89.5 cm³/mol. The fourth-order valence-electron chi connectivity index (χ4n) is 3.18. The van der Waals surface area contributed by atoms with Gasteiger partial charge in [-0.15, -0.1) is 0 Å². The van der Waals surface area contributed by atoms with Crippen molar-refractivity contribution in [3.63, 3.8) is 0 Å². The summed E-state index contributed by atoms with van der Waals surface area (Å²) in [6.07, 6.45) is 5.38. The number of rotatable bonds is 4. The van der Waals surface area contributed by atoms with Gasteiger partial charge in [0.2, 0.25) is 5.91 Å². The van der Waals surface area contributed by atoms with Crippen molar-refractivity contribution in [2.45, 2.75) is 6.42 Å². The fourth-order valence-corrected chi connectivity index (χ4v) is 3.18. The second-order valence-electron chi connectivity index (χ2n) is 6.13. The molecule has 2 heterocycles. The molecule has 0 saturated carbocycles. The molecule has 1 aromatic rings. The van der Waals surface area contributed by atoms with E-state index in [2.05, 4.69) is 51.5 Å². The summed E-state index contributed by atoms with van der Waals surface area (Å²) in [5.41, 5.74) is 1.24. The second-order valence-corrected chi connectivity index (χ2v) is 6.13. The van der Waals surface area contributed by atoms with Gasteiger partial charge >= 0.3 is 0 Å². The lowest BCUT2D eigenvalue weighted by atomic mass is 10.1. The zero-order valence-electron chi connectivity index (χ0n) is 13.1. The van der Waals surface area contributed by atoms with E-state index in [1.807, 2.05) is 6.07 Å². The number of hydrogen-bond acceptors (Lipinski definition) is 3. The third-order valence-corrected chi connectivity index (χ3v) is 4.57. The Bertz CT molecular complexity index is 500. The van der Waals surface area contributed by atoms with Crippen LogP contribution in [0.3, 0.4) is 0 Å². The summed E-state index contributed by atoms with van der Waals surface area (Å²) in [5, 5.41) is 3.28. The number of nitrogens with zero attached hydrogens (tertiary/aromatic N) is 2. The van der Waals surface area contributed by atoms with Gasteiger partial charge in [-0.2, -0.15) is 0 Å². The minimum Gasteiger partial charge on any atom is -0.340 e. The molecular formula is C18H25N3O. The number of piperazine rings is 1. The molecule has 118 valence electrons. The third-order valence-electron chi connectivity index (χ3n) is 4.57. The summed E-state index contributed by atoms with van der Waals surface area (Å²) in [7, 11) is 0. The summed E-state index contributed by atoms with van der Waals surface area (Å²) in [6, 6.07) is 10.4. The summed E-state index contributed by atoms with van der Waals surface area (Å²) >= 11 is 0. The molecule has 1 N–H and O–H groups in total. The van der Waals surface area contributed by atoms with Gasteiger partial charge in [-0.25, -0.2) is 0 Å². The van der Waals surface area contributed by atoms with Gasteiger partial charge in [0, 0.05) is 39.3 Å². The zero-order chi connectivity index (χ0) is 15.2. The van der Waals surface area contributed by atoms with Crippen molar-refractivity contribution in [3.8, 4) is 0 Å². The van der Waals surface area contributed by atoms with E-state index < -0.39 is 0 Å². The number of hydrogen-bond donors (Lipinski definition) is 1. The first kappa shape index (κ1) is 15.3. The van der Waals surface area contributed by atoms with Gasteiger partial charge in [-0.05, 0) is 18.5 Å². The number of benzene rings is 1. The Hall–Kier alpha value is -1.65. The van der Waals surface area contributed by atoms with Crippen LogP contribution in [-0.2, 0) is 4.79 Å². The van der Waals surface area contributed by atoms with Gasteiger partial charge in [0.15, 0.2) is 0 Å². The highest BCUT2D eigenvalue weighted by Crippen LogP contribution is 2.13. The van der Waals surface area contributed by atoms with Crippen molar-refractivity contribution in [2.24, 2.45) is 5.92 Å². The quantitative estimate of drug-likeness (QED) is 0.914. The molecular weight excluding hydrogens is 274 g/mol. The van der Waals surface area contributed by atoms with Crippen LogP contribution in [0, 0.1) is 5.92 Å². The SMILES string of the molecule is O=C(C1CCNC1)N1CCN(C/C=C/c2ccccc2)CC1. The Morgan fingerprint density at radius 1 is 1.18 bits per heavy atom. The lowest BCUT2D eigenvalue weighted by Gasteiger charge is -2.35. The molecule has 2 aliphatic heterocycles. The third kappa shape index (κ3) is 3.96. The van der Waals surface area contributed by atoms with Gasteiger partial charge < -0.3 is 10.2 Å². The minimum atomic E-state index is 0.213. The predicted octanol–water partition coefficient (Wildman–Crippen LogP) is 1.45. The Morgan fingerprint density at radius 3 is 2.64 bits per heavy atom. The molecule has 1 atom stereocenters. The molecule has 0 radical (unpaired) electrons. The van der Waals surface area contributed by atoms with E-state index in [1.165, 1.54) is 5.56 Å². The number of nitrogens with one attached hydrogen (secondary N) is 1. The molecule has 0 aliphatic carbocycles. The van der Waals surface area contributed by atoms with Crippen LogP contribution in [-0.4, -0.2) is 61.5 Å². The van der Waals surface area contributed by atoms with Crippen molar-refractivity contribution >= 4 is 12.0 Å². The van der Waals surface area contributed by atoms with Crippen molar-refractivity contribution in [2.75, 3.05) is 45.8 Å². The van der Waals surface area contributed by atoms with E-state index in [0.717, 1.165) is 52.2 Å². The van der Waals surface area contributed by atoms with Crippen molar-refractivity contribution < 1.29 is 4.79 Å². The standard InChI is InChI=1S/C18H25N3O/c22-18(17-8-9-19-15-17)21-13-11-20(12-14-21)10-4-7-16-5-2-1-3-6-16/h1-7,17,19H,8-15H2/b7-4+. The molecule has 3 rings (SSSR count). The lowest BCUT2D eigenvalue weighted by molar-refractivity contribution is -0.136. The van der Waals surface area contributed by atoms with Gasteiger partial charge in [0.05, 0.1) is 5.92 Å². The molecule has 0 aromatic heterocycles. The summed E-state index contributed by atoms with van der Waals surface area (Å²) in [6.45, 7) is 6.50. The maximum atomic E-state index is 12.4. The first-order valence-corrected chi connectivity index (χ1v) is 8.26. The molecule has 4 heteroatoms. The number of carbonyl (C=O) groups is 1. The topological polar surface area (TPSA) is 35.6 Å². The highest BCUT2D eigenvalue weighted by molar-refractivity contribution is 5.79. The van der Waals surface area contributed by atoms with Crippen LogP contribution in [0.5, 0.6) is 0 Å². The highest BCUT2D eigenvalue weighted by Gasteiger charge is 2.28. The monoisotopic (exact) mass is 299 g/mol. The molecule has 2 aliphatic rings. The molecule has 0 spiro atoms. The molecule has 0 bridgehead atoms. The number of amides is 1. The molecule has 1 unspecified atom stereocenters. The Labute approximate surface area is 132 Å². The smallest absolute Gasteiger partial charge is 0.227 e. The molecule has 1 aromatic carbocycles. The zero-order valence-corrected chi connectivity index (χ0v) is 13.1. The first-order chi connectivity index (χ1) is 10.8. The van der Waals surface area contributed by atoms with Crippen molar-refractivity contribution in [3.05, 3.63) is 42.0 Å². The Balaban J connectivity index is 1.42. The van der Waals surface area contributed by atoms with Gasteiger partial charge in [0.1, 0.15) is 0 Å². The number of carbonyl (C=O) groups excluding carboxylic acids is 1. The van der Waals surface area contributed by atoms with E-state index in [0.29, 0.717) is 5.91 Å². The summed E-state index contributed by atoms with van der Waals surface area (Å²) in [5.74, 6) is 0.564. The van der Waals surface area contributed by atoms with Crippen LogP contribution >= 0.6 is 0 Å². The van der Waals surface area contributed by atoms with Crippen LogP contribution < -0.4 is 5.32 Å². The van der Waals surface area contributed by atoms with Crippen LogP contribution in [0.4, 0.5) is 0 Å². The van der Waals surface area contributed by atoms with Crippen LogP contribution in [0.15, 0.2) is 36.4 Å². The van der Waals surface area contributed by atoms with Gasteiger partial charge in [0.25, 0.3) is 0 Å². The second kappa shape index (κ2) is 7.56. The maximum absolute atomic E-state index is 12.4. The lowest BCUT2D eigenvalue weighted by Crippen LogP contribution is -2.50. The molecule has 2 saturated heterocycles. The minimum absolute atomic E-state index is 0.213. The Morgan fingerprint density at radius 2 is 1.95 bits per heavy atom. The van der Waals surface area contributed by atoms with Crippen molar-refractivity contribution in [1.29, 1.82) is 0 Å².